The average molecular weight is 380 g/mol. The lowest BCUT2D eigenvalue weighted by molar-refractivity contribution is -0.128. The van der Waals surface area contributed by atoms with Crippen LogP contribution in [0.5, 0.6) is 0 Å². The first kappa shape index (κ1) is 16.8. The zero-order chi connectivity index (χ0) is 17.1. The van der Waals surface area contributed by atoms with Gasteiger partial charge in [0.2, 0.25) is 11.1 Å². The van der Waals surface area contributed by atoms with Crippen molar-refractivity contribution in [3.63, 3.8) is 0 Å². The summed E-state index contributed by atoms with van der Waals surface area (Å²) in [6.07, 6.45) is 6.55. The van der Waals surface area contributed by atoms with E-state index in [0.717, 1.165) is 49.3 Å². The van der Waals surface area contributed by atoms with Gasteiger partial charge in [-0.15, -0.1) is 16.4 Å². The van der Waals surface area contributed by atoms with Crippen LogP contribution in [0.3, 0.4) is 0 Å². The van der Waals surface area contributed by atoms with Gasteiger partial charge in [0, 0.05) is 37.8 Å². The molecule has 4 rings (SSSR count). The van der Waals surface area contributed by atoms with Crippen LogP contribution in [0, 0.1) is 0 Å². The van der Waals surface area contributed by atoms with E-state index < -0.39 is 0 Å². The largest absolute Gasteiger partial charge is 0.345 e. The molecule has 1 aliphatic heterocycles. The fourth-order valence-corrected chi connectivity index (χ4v) is 4.94. The van der Waals surface area contributed by atoms with Crippen LogP contribution in [-0.4, -0.2) is 67.9 Å². The van der Waals surface area contributed by atoms with Crippen molar-refractivity contribution in [2.45, 2.75) is 36.9 Å². The van der Waals surface area contributed by atoms with Gasteiger partial charge in [-0.25, -0.2) is 9.67 Å². The Hall–Kier alpha value is -1.68. The van der Waals surface area contributed by atoms with Crippen LogP contribution >= 0.6 is 23.1 Å². The SMILES string of the molecule is O=C(CSc1nnnn1C1CCCC1)N1CCN(c2nccs2)CC1. The summed E-state index contributed by atoms with van der Waals surface area (Å²) < 4.78 is 1.91. The van der Waals surface area contributed by atoms with Crippen molar-refractivity contribution in [3.8, 4) is 0 Å². The molecule has 8 nitrogen and oxygen atoms in total. The van der Waals surface area contributed by atoms with Crippen molar-refractivity contribution in [3.05, 3.63) is 11.6 Å². The van der Waals surface area contributed by atoms with E-state index in [0.29, 0.717) is 11.8 Å². The highest BCUT2D eigenvalue weighted by Gasteiger charge is 2.25. The van der Waals surface area contributed by atoms with Crippen LogP contribution < -0.4 is 4.90 Å². The van der Waals surface area contributed by atoms with E-state index in [1.807, 2.05) is 21.2 Å². The number of nitrogens with zero attached hydrogens (tertiary/aromatic N) is 7. The Morgan fingerprint density at radius 1 is 1.24 bits per heavy atom. The number of hydrogen-bond donors (Lipinski definition) is 0. The van der Waals surface area contributed by atoms with Crippen molar-refractivity contribution in [1.29, 1.82) is 0 Å². The second-order valence-corrected chi connectivity index (χ2v) is 8.13. The Labute approximate surface area is 154 Å². The van der Waals surface area contributed by atoms with Crippen molar-refractivity contribution < 1.29 is 4.79 Å². The third kappa shape index (κ3) is 3.79. The lowest BCUT2D eigenvalue weighted by Gasteiger charge is -2.34. The van der Waals surface area contributed by atoms with E-state index in [4.69, 9.17) is 0 Å². The molecule has 0 atom stereocenters. The van der Waals surface area contributed by atoms with E-state index in [2.05, 4.69) is 25.4 Å². The molecule has 3 heterocycles. The van der Waals surface area contributed by atoms with Gasteiger partial charge in [0.25, 0.3) is 0 Å². The van der Waals surface area contributed by atoms with Crippen molar-refractivity contribution in [1.82, 2.24) is 30.1 Å². The van der Waals surface area contributed by atoms with Gasteiger partial charge in [-0.1, -0.05) is 24.6 Å². The van der Waals surface area contributed by atoms with E-state index >= 15 is 0 Å². The lowest BCUT2D eigenvalue weighted by atomic mass is 10.3. The van der Waals surface area contributed by atoms with Crippen LogP contribution in [0.25, 0.3) is 0 Å². The zero-order valence-electron chi connectivity index (χ0n) is 14.0. The number of hydrogen-bond acceptors (Lipinski definition) is 8. The Bertz CT molecular complexity index is 691. The molecule has 2 aromatic heterocycles. The van der Waals surface area contributed by atoms with Gasteiger partial charge in [-0.3, -0.25) is 4.79 Å². The second kappa shape index (κ2) is 7.69. The van der Waals surface area contributed by atoms with Gasteiger partial charge < -0.3 is 9.80 Å². The van der Waals surface area contributed by atoms with Crippen LogP contribution in [0.15, 0.2) is 16.7 Å². The Morgan fingerprint density at radius 2 is 2.04 bits per heavy atom. The highest BCUT2D eigenvalue weighted by atomic mass is 32.2. The van der Waals surface area contributed by atoms with E-state index in [1.54, 1.807) is 11.3 Å². The van der Waals surface area contributed by atoms with Gasteiger partial charge in [-0.2, -0.15) is 0 Å². The van der Waals surface area contributed by atoms with Crippen molar-refractivity contribution >= 4 is 34.1 Å². The average Bonchev–Trinajstić information content (AvgIpc) is 3.41. The first-order chi connectivity index (χ1) is 12.3. The molecule has 2 aliphatic rings. The molecular weight excluding hydrogens is 358 g/mol. The maximum atomic E-state index is 12.5. The van der Waals surface area contributed by atoms with Crippen LogP contribution in [0.1, 0.15) is 31.7 Å². The Kier molecular flexibility index (Phi) is 5.16. The third-order valence-corrected chi connectivity index (χ3v) is 6.53. The molecule has 0 radical (unpaired) electrons. The van der Waals surface area contributed by atoms with Crippen molar-refractivity contribution in [2.75, 3.05) is 36.8 Å². The molecule has 2 aromatic rings. The molecule has 0 unspecified atom stereocenters. The molecule has 0 aromatic carbocycles. The third-order valence-electron chi connectivity index (χ3n) is 4.78. The molecular formula is C15H21N7OS2. The maximum absolute atomic E-state index is 12.5. The number of piperazine rings is 1. The van der Waals surface area contributed by atoms with Crippen LogP contribution in [0.4, 0.5) is 5.13 Å². The first-order valence-corrected chi connectivity index (χ1v) is 10.5. The summed E-state index contributed by atoms with van der Waals surface area (Å²) in [7, 11) is 0. The van der Waals surface area contributed by atoms with E-state index in [-0.39, 0.29) is 5.91 Å². The molecule has 134 valence electrons. The molecule has 1 saturated heterocycles. The standard InChI is InChI=1S/C15H21N7OS2/c23-13(20-6-8-21(9-7-20)14-16-5-10-24-14)11-25-15-17-18-19-22(15)12-3-1-2-4-12/h5,10,12H,1-4,6-9,11H2. The summed E-state index contributed by atoms with van der Waals surface area (Å²) in [4.78, 5) is 21.0. The fraction of sp³-hybridized carbons (Fsp3) is 0.667. The summed E-state index contributed by atoms with van der Waals surface area (Å²) >= 11 is 3.10. The number of carbonyl (C=O) groups is 1. The van der Waals surface area contributed by atoms with E-state index in [9.17, 15) is 4.79 Å². The summed E-state index contributed by atoms with van der Waals surface area (Å²) in [6, 6.07) is 0.398. The molecule has 1 aliphatic carbocycles. The molecule has 10 heteroatoms. The minimum absolute atomic E-state index is 0.157. The number of anilines is 1. The number of thioether (sulfide) groups is 1. The van der Waals surface area contributed by atoms with Gasteiger partial charge in [0.15, 0.2) is 5.13 Å². The van der Waals surface area contributed by atoms with Crippen LogP contribution in [-0.2, 0) is 4.79 Å². The quantitative estimate of drug-likeness (QED) is 0.731. The second-order valence-electron chi connectivity index (χ2n) is 6.32. The number of thiazole rings is 1. The Balaban J connectivity index is 1.28. The highest BCUT2D eigenvalue weighted by Crippen LogP contribution is 2.31. The predicted molar refractivity (Wildman–Crippen MR) is 97.0 cm³/mol. The van der Waals surface area contributed by atoms with Gasteiger partial charge in [0.1, 0.15) is 0 Å². The number of rotatable bonds is 5. The van der Waals surface area contributed by atoms with Crippen LogP contribution in [0.2, 0.25) is 0 Å². The minimum Gasteiger partial charge on any atom is -0.345 e. The highest BCUT2D eigenvalue weighted by molar-refractivity contribution is 7.99. The van der Waals surface area contributed by atoms with Gasteiger partial charge in [-0.05, 0) is 23.3 Å². The minimum atomic E-state index is 0.157. The normalized spacial score (nSPS) is 18.9. The number of tetrazole rings is 1. The van der Waals surface area contributed by atoms with E-state index in [1.165, 1.54) is 24.6 Å². The summed E-state index contributed by atoms with van der Waals surface area (Å²) in [5, 5.41) is 15.8. The summed E-state index contributed by atoms with van der Waals surface area (Å²) in [5.41, 5.74) is 0. The number of amides is 1. The first-order valence-electron chi connectivity index (χ1n) is 8.64. The zero-order valence-corrected chi connectivity index (χ0v) is 15.6. The fourth-order valence-electron chi connectivity index (χ4n) is 3.40. The summed E-state index contributed by atoms with van der Waals surface area (Å²) in [5.74, 6) is 0.550. The topological polar surface area (TPSA) is 80.0 Å². The predicted octanol–water partition coefficient (Wildman–Crippen LogP) is 1.69. The molecule has 0 N–H and O–H groups in total. The molecule has 0 spiro atoms. The smallest absolute Gasteiger partial charge is 0.233 e. The summed E-state index contributed by atoms with van der Waals surface area (Å²) in [6.45, 7) is 3.16. The van der Waals surface area contributed by atoms with Gasteiger partial charge in [0.05, 0.1) is 11.8 Å². The van der Waals surface area contributed by atoms with Crippen molar-refractivity contribution in [2.24, 2.45) is 0 Å². The molecule has 25 heavy (non-hydrogen) atoms. The number of aromatic nitrogens is 5. The van der Waals surface area contributed by atoms with Gasteiger partial charge >= 0.3 is 0 Å². The number of carbonyl (C=O) groups excluding carboxylic acids is 1. The molecule has 2 fully saturated rings. The molecule has 0 bridgehead atoms. The Morgan fingerprint density at radius 3 is 2.76 bits per heavy atom. The molecule has 1 amide bonds. The lowest BCUT2D eigenvalue weighted by Crippen LogP contribution is -2.49. The molecule has 1 saturated carbocycles. The monoisotopic (exact) mass is 379 g/mol. The maximum Gasteiger partial charge on any atom is 0.233 e.